The van der Waals surface area contributed by atoms with E-state index in [0.29, 0.717) is 11.4 Å². The maximum Gasteiger partial charge on any atom is 0.208 e. The molecule has 0 amide bonds. The van der Waals surface area contributed by atoms with Gasteiger partial charge in [-0.3, -0.25) is 0 Å². The summed E-state index contributed by atoms with van der Waals surface area (Å²) in [6.45, 7) is 4.31. The Morgan fingerprint density at radius 3 is 1.84 bits per heavy atom. The monoisotopic (exact) mass is 732 g/mol. The van der Waals surface area contributed by atoms with E-state index in [4.69, 9.17) is 0 Å². The molecule has 1 aliphatic rings. The van der Waals surface area contributed by atoms with Gasteiger partial charge < -0.3 is 35.0 Å². The molecule has 0 spiro atoms. The van der Waals surface area contributed by atoms with Crippen molar-refractivity contribution < 1.29 is 25.5 Å². The normalized spacial score (nSPS) is 13.0. The van der Waals surface area contributed by atoms with Crippen LogP contribution in [0.4, 0.5) is 17.1 Å². The fourth-order valence-corrected chi connectivity index (χ4v) is 8.75. The molecule has 9 aromatic rings. The Hall–Kier alpha value is -7.38. The van der Waals surface area contributed by atoms with Gasteiger partial charge in [0.15, 0.2) is 11.5 Å². The van der Waals surface area contributed by atoms with Crippen LogP contribution in [0.3, 0.4) is 0 Å². The molecule has 7 heteroatoms. The summed E-state index contributed by atoms with van der Waals surface area (Å²) in [5.41, 5.74) is 10.1. The summed E-state index contributed by atoms with van der Waals surface area (Å²) in [4.78, 5) is 1.58. The average Bonchev–Trinajstić information content (AvgIpc) is 3.69. The number of para-hydroxylation sites is 1. The van der Waals surface area contributed by atoms with E-state index in [-0.39, 0.29) is 11.1 Å². The van der Waals surface area contributed by atoms with Gasteiger partial charge in [0, 0.05) is 33.2 Å². The molecule has 0 radical (unpaired) electrons. The van der Waals surface area contributed by atoms with Crippen molar-refractivity contribution in [1.29, 1.82) is 0 Å². The van der Waals surface area contributed by atoms with E-state index in [0.717, 1.165) is 49.9 Å². The van der Waals surface area contributed by atoms with E-state index in [9.17, 15) is 25.5 Å². The van der Waals surface area contributed by atoms with Crippen LogP contribution >= 0.6 is 0 Å². The molecule has 8 aromatic carbocycles. The van der Waals surface area contributed by atoms with Gasteiger partial charge in [-0.25, -0.2) is 0 Å². The van der Waals surface area contributed by atoms with Crippen molar-refractivity contribution in [2.75, 3.05) is 4.90 Å². The van der Waals surface area contributed by atoms with Gasteiger partial charge in [0.25, 0.3) is 0 Å². The largest absolute Gasteiger partial charge is 0.503 e. The van der Waals surface area contributed by atoms with Gasteiger partial charge in [0.2, 0.25) is 17.2 Å². The molecule has 7 nitrogen and oxygen atoms in total. The topological polar surface area (TPSA) is 109 Å². The highest BCUT2D eigenvalue weighted by molar-refractivity contribution is 6.22. The van der Waals surface area contributed by atoms with Crippen LogP contribution < -0.4 is 4.90 Å². The molecular weight excluding hydrogens is 697 g/mol. The van der Waals surface area contributed by atoms with E-state index in [1.807, 2.05) is 60.7 Å². The van der Waals surface area contributed by atoms with Crippen LogP contribution in [0, 0.1) is 0 Å². The molecule has 0 bridgehead atoms. The highest BCUT2D eigenvalue weighted by Gasteiger charge is 2.37. The summed E-state index contributed by atoms with van der Waals surface area (Å²) < 4.78 is 2.31. The van der Waals surface area contributed by atoms with Gasteiger partial charge in [0.05, 0.1) is 11.0 Å². The molecule has 272 valence electrons. The fraction of sp³-hybridized carbons (Fsp3) is 0.0612. The number of hydrogen-bond donors (Lipinski definition) is 5. The minimum Gasteiger partial charge on any atom is -0.503 e. The average molecular weight is 733 g/mol. The molecule has 0 unspecified atom stereocenters. The summed E-state index contributed by atoms with van der Waals surface area (Å²) in [5, 5.41) is 58.8. The third-order valence-corrected chi connectivity index (χ3v) is 11.5. The zero-order chi connectivity index (χ0) is 38.5. The Balaban J connectivity index is 1.14. The van der Waals surface area contributed by atoms with Crippen LogP contribution in [0.15, 0.2) is 152 Å². The highest BCUT2D eigenvalue weighted by Crippen LogP contribution is 2.59. The van der Waals surface area contributed by atoms with Crippen molar-refractivity contribution in [2.45, 2.75) is 19.3 Å². The van der Waals surface area contributed by atoms with Gasteiger partial charge in [-0.15, -0.1) is 0 Å². The Kier molecular flexibility index (Phi) is 7.15. The molecule has 0 atom stereocenters. The van der Waals surface area contributed by atoms with Gasteiger partial charge >= 0.3 is 0 Å². The van der Waals surface area contributed by atoms with Crippen molar-refractivity contribution in [3.63, 3.8) is 0 Å². The molecule has 10 rings (SSSR count). The van der Waals surface area contributed by atoms with Gasteiger partial charge in [0.1, 0.15) is 5.69 Å². The Bertz CT molecular complexity index is 3030. The zero-order valence-electron chi connectivity index (χ0n) is 30.6. The van der Waals surface area contributed by atoms with Crippen molar-refractivity contribution in [3.05, 3.63) is 163 Å². The quantitative estimate of drug-likeness (QED) is 0.0890. The van der Waals surface area contributed by atoms with E-state index in [1.54, 1.807) is 4.90 Å². The standard InChI is InChI=1S/C49H36N2O5/c1-49(2)38-15-9-8-14-35(38)36-23-22-33(27-39(36)49)50(43-44(52)46(54)48(56)47(55)45(43)53)32-20-16-28(17-21-32)30-19-24-40-37(26-30)42-34-13-7-6-10-29(34)18-25-41(42)51(40)31-11-4-3-5-12-31/h3-27,52-56H,1-2H3. The molecule has 0 fully saturated rings. The van der Waals surface area contributed by atoms with Gasteiger partial charge in [-0.2, -0.15) is 0 Å². The number of benzene rings is 8. The number of anilines is 3. The lowest BCUT2D eigenvalue weighted by Crippen LogP contribution is -2.16. The summed E-state index contributed by atoms with van der Waals surface area (Å²) in [7, 11) is 0. The molecule has 1 aliphatic carbocycles. The Morgan fingerprint density at radius 2 is 1.07 bits per heavy atom. The maximum absolute atomic E-state index is 11.3. The first-order valence-electron chi connectivity index (χ1n) is 18.5. The van der Waals surface area contributed by atoms with Crippen LogP contribution in [0.1, 0.15) is 25.0 Å². The number of phenolic OH excluding ortho intramolecular Hbond substituents is 5. The number of rotatable bonds is 5. The van der Waals surface area contributed by atoms with Gasteiger partial charge in [-0.1, -0.05) is 111 Å². The number of phenols is 5. The number of hydrogen-bond acceptors (Lipinski definition) is 6. The fourth-order valence-electron chi connectivity index (χ4n) is 8.75. The third kappa shape index (κ3) is 4.70. The van der Waals surface area contributed by atoms with E-state index in [1.165, 1.54) is 21.7 Å². The lowest BCUT2D eigenvalue weighted by Gasteiger charge is -2.29. The molecule has 56 heavy (non-hydrogen) atoms. The van der Waals surface area contributed by atoms with Crippen LogP contribution in [-0.4, -0.2) is 30.1 Å². The molecule has 1 heterocycles. The maximum atomic E-state index is 11.3. The molecule has 0 saturated carbocycles. The van der Waals surface area contributed by atoms with Crippen LogP contribution in [0.2, 0.25) is 0 Å². The molecular formula is C49H36N2O5. The summed E-state index contributed by atoms with van der Waals surface area (Å²) in [5.74, 6) is -4.46. The minimum absolute atomic E-state index is 0.277. The van der Waals surface area contributed by atoms with Crippen LogP contribution in [0.25, 0.3) is 60.5 Å². The SMILES string of the molecule is CC1(C)c2ccccc2-c2ccc(N(c3ccc(-c4ccc5c(c4)c4c6ccccc6ccc4n5-c4ccccc4)cc3)c3c(O)c(O)c(O)c(O)c3O)cc21. The lowest BCUT2D eigenvalue weighted by atomic mass is 9.82. The van der Waals surface area contributed by atoms with Crippen LogP contribution in [-0.2, 0) is 5.41 Å². The first kappa shape index (κ1) is 33.2. The first-order chi connectivity index (χ1) is 27.1. The van der Waals surface area contributed by atoms with E-state index >= 15 is 0 Å². The highest BCUT2D eigenvalue weighted by atomic mass is 16.4. The number of fused-ring (bicyclic) bond motifs is 8. The van der Waals surface area contributed by atoms with Crippen molar-refractivity contribution >= 4 is 49.6 Å². The smallest absolute Gasteiger partial charge is 0.208 e. The summed E-state index contributed by atoms with van der Waals surface area (Å²) in [6, 6.07) is 51.5. The second kappa shape index (κ2) is 12.1. The predicted molar refractivity (Wildman–Crippen MR) is 224 cm³/mol. The zero-order valence-corrected chi connectivity index (χ0v) is 30.6. The molecule has 5 N–H and O–H groups in total. The number of aromatic hydroxyl groups is 5. The lowest BCUT2D eigenvalue weighted by molar-refractivity contribution is 0.329. The third-order valence-electron chi connectivity index (χ3n) is 11.5. The van der Waals surface area contributed by atoms with E-state index in [2.05, 4.69) is 109 Å². The summed E-state index contributed by atoms with van der Waals surface area (Å²) in [6.07, 6.45) is 0. The molecule has 0 aliphatic heterocycles. The van der Waals surface area contributed by atoms with Gasteiger partial charge in [-0.05, 0) is 98.8 Å². The van der Waals surface area contributed by atoms with Crippen LogP contribution in [0.5, 0.6) is 28.7 Å². The second-order valence-corrected chi connectivity index (χ2v) is 15.0. The number of nitrogens with zero attached hydrogens (tertiary/aromatic N) is 2. The predicted octanol–water partition coefficient (Wildman–Crippen LogP) is 11.9. The van der Waals surface area contributed by atoms with Crippen molar-refractivity contribution in [2.24, 2.45) is 0 Å². The summed E-state index contributed by atoms with van der Waals surface area (Å²) >= 11 is 0. The molecule has 0 saturated heterocycles. The Labute approximate surface area is 322 Å². The van der Waals surface area contributed by atoms with E-state index < -0.39 is 28.7 Å². The van der Waals surface area contributed by atoms with Crippen molar-refractivity contribution in [3.8, 4) is 56.7 Å². The molecule has 1 aromatic heterocycles. The minimum atomic E-state index is -1.01. The van der Waals surface area contributed by atoms with Crippen molar-refractivity contribution in [1.82, 2.24) is 4.57 Å². The first-order valence-corrected chi connectivity index (χ1v) is 18.5. The second-order valence-electron chi connectivity index (χ2n) is 15.0. The Morgan fingerprint density at radius 1 is 0.464 bits per heavy atom. The number of aromatic nitrogens is 1.